The number of para-hydroxylation sites is 12. The smallest absolute Gasteiger partial charge is 0.206 e. The van der Waals surface area contributed by atoms with Gasteiger partial charge in [0.2, 0.25) is 5.88 Å². The third kappa shape index (κ3) is 8.27. The summed E-state index contributed by atoms with van der Waals surface area (Å²) >= 11 is 3.88. The van der Waals surface area contributed by atoms with Crippen LogP contribution in [-0.4, -0.2) is 66.1 Å². The van der Waals surface area contributed by atoms with Crippen LogP contribution < -0.4 is 49.0 Å². The molecule has 15 heteroatoms. The maximum atomic E-state index is 6.13. The van der Waals surface area contributed by atoms with Gasteiger partial charge in [-0.25, -0.2) is 0 Å². The van der Waals surface area contributed by atoms with E-state index in [1.54, 1.807) is 0 Å². The summed E-state index contributed by atoms with van der Waals surface area (Å²) in [4.78, 5) is 25.7. The molecule has 10 aliphatic heterocycles. The Morgan fingerprint density at radius 1 is 0.320 bits per heavy atom. The normalized spacial score (nSPS) is 19.4. The van der Waals surface area contributed by atoms with Gasteiger partial charge in [-0.1, -0.05) is 127 Å². The molecule has 13 nitrogen and oxygen atoms in total. The monoisotopic (exact) mass is 1340 g/mol. The highest BCUT2D eigenvalue weighted by Gasteiger charge is 2.48. The number of hydrogen-bond acceptors (Lipinski definition) is 15. The van der Waals surface area contributed by atoms with E-state index < -0.39 is 0 Å². The van der Waals surface area contributed by atoms with Crippen LogP contribution in [0.2, 0.25) is 0 Å². The zero-order valence-corrected chi connectivity index (χ0v) is 57.7. The molecular formula is C85H70N10O3S2. The number of rotatable bonds is 0. The van der Waals surface area contributed by atoms with E-state index in [0.29, 0.717) is 30.8 Å². The molecule has 25 rings (SSSR count). The number of thiophene rings is 2. The highest BCUT2D eigenvalue weighted by molar-refractivity contribution is 7.23. The summed E-state index contributed by atoms with van der Waals surface area (Å²) in [6, 6.07) is 81.9. The Bertz CT molecular complexity index is 5440. The van der Waals surface area contributed by atoms with Crippen LogP contribution in [-0.2, 0) is 32.1 Å². The molecule has 100 heavy (non-hydrogen) atoms. The van der Waals surface area contributed by atoms with E-state index in [4.69, 9.17) is 13.3 Å². The van der Waals surface area contributed by atoms with Gasteiger partial charge in [0, 0.05) is 120 Å². The van der Waals surface area contributed by atoms with Crippen LogP contribution in [0.15, 0.2) is 256 Å². The first-order valence-corrected chi connectivity index (χ1v) is 36.4. The summed E-state index contributed by atoms with van der Waals surface area (Å²) in [7, 11) is 10.9. The first-order chi connectivity index (χ1) is 49.2. The Labute approximate surface area is 587 Å². The van der Waals surface area contributed by atoms with Gasteiger partial charge < -0.3 is 57.4 Å². The fraction of sp³-hybridized carbons (Fsp3) is 0.176. The van der Waals surface area contributed by atoms with Crippen LogP contribution in [0.5, 0.6) is 0 Å². The lowest BCUT2D eigenvalue weighted by Crippen LogP contribution is -2.36. The second kappa shape index (κ2) is 21.9. The standard InChI is InChI=1S/3C17H14N2O.2C17H14N2S/c1-18-13-7-3-4-8-14(13)19-16(18)10-12-11-6-2-5-9-15(11)20-17(12)19;1-18-12-7-3-4-8-13(12)19-16(18)10-15-17(19)11-6-2-5-9-14(11)20-15;1-18-14-4-2-3-5-15(14)19-16-7-13-10-20-9-12(13)6-11(16)8-17(18)19;1-18-13-7-3-4-8-14(13)19-16(18)10-12-11-6-2-5-9-15(11)20-17(12)19;1-18-12-7-3-4-8-13(12)19-16(18)10-15-17(19)11-6-2-5-9-14(11)20-15/h2*2-9,16H,10H2,1H3;2-7,9-10,17H,8H2,1H3;2*2-9,16H,10H2,1H3. The van der Waals surface area contributed by atoms with Crippen molar-refractivity contribution in [2.24, 2.45) is 0 Å². The third-order valence-electron chi connectivity index (χ3n) is 22.7. The lowest BCUT2D eigenvalue weighted by Gasteiger charge is -2.24. The molecule has 5 atom stereocenters. The molecular weight excluding hydrogens is 1270 g/mol. The van der Waals surface area contributed by atoms with E-state index in [1.165, 1.54) is 142 Å². The van der Waals surface area contributed by atoms with Crippen molar-refractivity contribution in [3.05, 3.63) is 270 Å². The molecule has 0 aliphatic carbocycles. The van der Waals surface area contributed by atoms with Crippen LogP contribution in [0.3, 0.4) is 0 Å². The summed E-state index contributed by atoms with van der Waals surface area (Å²) in [5.74, 6) is 2.13. The molecule has 15 aromatic rings. The van der Waals surface area contributed by atoms with E-state index in [-0.39, 0.29) is 0 Å². The van der Waals surface area contributed by atoms with E-state index in [2.05, 4.69) is 290 Å². The van der Waals surface area contributed by atoms with Crippen LogP contribution in [0.4, 0.5) is 84.8 Å². The highest BCUT2D eigenvalue weighted by Crippen LogP contribution is 2.59. The third-order valence-corrected chi connectivity index (χ3v) is 25.1. The average Bonchev–Trinajstić information content (AvgIpc) is 1.61. The van der Waals surface area contributed by atoms with Gasteiger partial charge in [-0.05, 0) is 120 Å². The van der Waals surface area contributed by atoms with E-state index in [0.717, 1.165) is 54.9 Å². The number of likely N-dealkylation sites (N-methyl/N-ethyl adjacent to an activating group) is 5. The maximum Gasteiger partial charge on any atom is 0.206 e. The number of nitrogens with zero attached hydrogens (tertiary/aromatic N) is 10. The molecule has 0 saturated heterocycles. The Kier molecular flexibility index (Phi) is 12.6. The van der Waals surface area contributed by atoms with Gasteiger partial charge in [-0.3, -0.25) is 4.90 Å². The van der Waals surface area contributed by atoms with Crippen molar-refractivity contribution >= 4 is 160 Å². The molecule has 0 amide bonds. The van der Waals surface area contributed by atoms with Crippen molar-refractivity contribution < 1.29 is 13.3 Å². The van der Waals surface area contributed by atoms with Gasteiger partial charge in [0.05, 0.1) is 80.8 Å². The molecule has 15 heterocycles. The Balaban J connectivity index is 0.0000000818. The quantitative estimate of drug-likeness (QED) is 0.145. The topological polar surface area (TPSA) is 71.8 Å². The lowest BCUT2D eigenvalue weighted by atomic mass is 10.1. The molecule has 5 unspecified atom stereocenters. The van der Waals surface area contributed by atoms with Gasteiger partial charge in [-0.2, -0.15) is 0 Å². The number of hydrogen-bond donors (Lipinski definition) is 0. The molecule has 5 aromatic heterocycles. The van der Waals surface area contributed by atoms with Gasteiger partial charge in [-0.15, -0.1) is 22.7 Å². The lowest BCUT2D eigenvalue weighted by molar-refractivity contribution is 0.540. The fourth-order valence-corrected chi connectivity index (χ4v) is 20.5. The number of fused-ring (bicyclic) bond motifs is 34. The second-order valence-corrected chi connectivity index (χ2v) is 29.9. The predicted octanol–water partition coefficient (Wildman–Crippen LogP) is 20.5. The van der Waals surface area contributed by atoms with Gasteiger partial charge in [0.25, 0.3) is 0 Å². The summed E-state index contributed by atoms with van der Waals surface area (Å²) in [6.45, 7) is 0. The van der Waals surface area contributed by atoms with Crippen molar-refractivity contribution in [1.82, 2.24) is 0 Å². The molecule has 490 valence electrons. The summed E-state index contributed by atoms with van der Waals surface area (Å²) in [6.07, 6.45) is 10.9. The van der Waals surface area contributed by atoms with Crippen LogP contribution in [0.25, 0.3) is 52.9 Å². The minimum atomic E-state index is 0.353. The van der Waals surface area contributed by atoms with Crippen molar-refractivity contribution in [1.29, 1.82) is 0 Å². The van der Waals surface area contributed by atoms with Crippen LogP contribution in [0, 0.1) is 0 Å². The number of furan rings is 3. The molecule has 0 saturated carbocycles. The first-order valence-electron chi connectivity index (χ1n) is 34.8. The zero-order valence-electron chi connectivity index (χ0n) is 56.0. The Hall–Kier alpha value is -11.3. The highest BCUT2D eigenvalue weighted by atomic mass is 32.1. The van der Waals surface area contributed by atoms with Crippen molar-refractivity contribution in [3.8, 4) is 0 Å². The van der Waals surface area contributed by atoms with Crippen molar-refractivity contribution in [3.63, 3.8) is 0 Å². The van der Waals surface area contributed by atoms with Crippen LogP contribution >= 0.6 is 22.7 Å². The molecule has 0 radical (unpaired) electrons. The van der Waals surface area contributed by atoms with Gasteiger partial charge in [0.15, 0.2) is 0 Å². The fourth-order valence-electron chi connectivity index (χ4n) is 18.0. The summed E-state index contributed by atoms with van der Waals surface area (Å²) in [5.41, 5.74) is 23.4. The molecule has 10 aromatic carbocycles. The molecule has 10 aliphatic rings. The summed E-state index contributed by atoms with van der Waals surface area (Å²) in [5, 5.41) is 9.12. The molecule has 0 fully saturated rings. The predicted molar refractivity (Wildman–Crippen MR) is 415 cm³/mol. The van der Waals surface area contributed by atoms with Gasteiger partial charge >= 0.3 is 0 Å². The Morgan fingerprint density at radius 2 is 0.740 bits per heavy atom. The average molecular weight is 1340 g/mol. The SMILES string of the molecule is CN1c2ccccc2N2c3c(oc4ccccc34)CC12.CN1c2ccccc2N2c3c(sc4ccccc34)CC12.CN1c2ccccc2N2c3cc4cocc4cc3CC12.CN1c2ccccc2N2c3oc4ccccc4c3CC12.CN1c2ccccc2N2c3sc4ccccc4c3CC12. The number of anilines is 15. The maximum absolute atomic E-state index is 6.13. The largest absolute Gasteiger partial charge is 0.471 e. The summed E-state index contributed by atoms with van der Waals surface area (Å²) < 4.78 is 20.3. The second-order valence-electron chi connectivity index (χ2n) is 27.8. The van der Waals surface area contributed by atoms with E-state index >= 15 is 0 Å². The van der Waals surface area contributed by atoms with Crippen molar-refractivity contribution in [2.75, 3.05) is 84.2 Å². The Morgan fingerprint density at radius 3 is 1.35 bits per heavy atom. The van der Waals surface area contributed by atoms with E-state index in [9.17, 15) is 0 Å². The minimum absolute atomic E-state index is 0.353. The van der Waals surface area contributed by atoms with E-state index in [1.807, 2.05) is 59.5 Å². The molecule has 0 bridgehead atoms. The first kappa shape index (κ1) is 57.8. The van der Waals surface area contributed by atoms with Crippen LogP contribution in [0.1, 0.15) is 27.3 Å². The molecule has 0 spiro atoms. The molecule has 0 N–H and O–H groups in total. The number of benzene rings is 10. The van der Waals surface area contributed by atoms with Gasteiger partial charge in [0.1, 0.15) is 52.8 Å². The zero-order chi connectivity index (χ0) is 66.3. The minimum Gasteiger partial charge on any atom is -0.471 e. The van der Waals surface area contributed by atoms with Crippen molar-refractivity contribution in [2.45, 2.75) is 62.9 Å².